The van der Waals surface area contributed by atoms with Gasteiger partial charge in [0.25, 0.3) is 0 Å². The van der Waals surface area contributed by atoms with Gasteiger partial charge in [-0.2, -0.15) is 0 Å². The number of hydrogen-bond acceptors (Lipinski definition) is 7. The first kappa shape index (κ1) is 24.8. The molecule has 0 aliphatic heterocycles. The highest BCUT2D eigenvalue weighted by Gasteiger charge is 2.47. The lowest BCUT2D eigenvalue weighted by atomic mass is 9.84. The van der Waals surface area contributed by atoms with Gasteiger partial charge in [0, 0.05) is 18.8 Å². The van der Waals surface area contributed by atoms with Crippen LogP contribution in [0, 0.1) is 5.92 Å². The standard InChI is InChI=1S/C26H30N4O4S/c1-18(2)25(12-13-25)20-10-8-19(9-11-20)15-26(27,35(33,34)21-5-4-14-28-16-21)22-6-3-7-23(30-22)29-17-24(31)32/h3-11,14,16,18H,12-13,15,17,27H2,1-2H3,(H,29,30)(H,31,32). The quantitative estimate of drug-likeness (QED) is 0.390. The molecule has 1 fully saturated rings. The molecule has 0 radical (unpaired) electrons. The van der Waals surface area contributed by atoms with Gasteiger partial charge in [0.1, 0.15) is 12.4 Å². The highest BCUT2D eigenvalue weighted by atomic mass is 32.2. The first-order chi connectivity index (χ1) is 16.6. The van der Waals surface area contributed by atoms with Crippen LogP contribution >= 0.6 is 0 Å². The van der Waals surface area contributed by atoms with E-state index in [9.17, 15) is 13.2 Å². The van der Waals surface area contributed by atoms with Gasteiger partial charge in [0.15, 0.2) is 4.87 Å². The van der Waals surface area contributed by atoms with Gasteiger partial charge in [-0.1, -0.05) is 44.2 Å². The minimum atomic E-state index is -4.13. The minimum absolute atomic E-state index is 0.0124. The number of sulfone groups is 1. The molecule has 0 saturated heterocycles. The summed E-state index contributed by atoms with van der Waals surface area (Å²) in [5, 5.41) is 11.7. The maximum absolute atomic E-state index is 13.8. The highest BCUT2D eigenvalue weighted by molar-refractivity contribution is 7.92. The molecule has 0 bridgehead atoms. The molecule has 2 heterocycles. The number of pyridine rings is 2. The Morgan fingerprint density at radius 3 is 2.43 bits per heavy atom. The molecule has 4 N–H and O–H groups in total. The fourth-order valence-corrected chi connectivity index (χ4v) is 6.19. The molecule has 1 aliphatic rings. The van der Waals surface area contributed by atoms with E-state index in [0.29, 0.717) is 5.92 Å². The lowest BCUT2D eigenvalue weighted by Crippen LogP contribution is -2.47. The number of benzene rings is 1. The molecule has 3 aromatic rings. The predicted octanol–water partition coefficient (Wildman–Crippen LogP) is 3.49. The zero-order valence-corrected chi connectivity index (χ0v) is 20.6. The Hall–Kier alpha value is -3.30. The van der Waals surface area contributed by atoms with Gasteiger partial charge in [-0.3, -0.25) is 9.78 Å². The molecule has 35 heavy (non-hydrogen) atoms. The molecule has 1 unspecified atom stereocenters. The van der Waals surface area contributed by atoms with Crippen molar-refractivity contribution in [3.05, 3.63) is 83.8 Å². The van der Waals surface area contributed by atoms with Gasteiger partial charge < -0.3 is 16.2 Å². The van der Waals surface area contributed by atoms with Crippen LogP contribution in [-0.2, 0) is 31.3 Å². The lowest BCUT2D eigenvalue weighted by molar-refractivity contribution is -0.134. The van der Waals surface area contributed by atoms with Gasteiger partial charge in [0.05, 0.1) is 10.6 Å². The van der Waals surface area contributed by atoms with E-state index < -0.39 is 20.7 Å². The maximum Gasteiger partial charge on any atom is 0.322 e. The summed E-state index contributed by atoms with van der Waals surface area (Å²) < 4.78 is 27.7. The number of carboxylic acids is 1. The van der Waals surface area contributed by atoms with E-state index in [1.807, 2.05) is 12.1 Å². The van der Waals surface area contributed by atoms with E-state index in [1.54, 1.807) is 24.3 Å². The molecule has 9 heteroatoms. The third kappa shape index (κ3) is 4.78. The van der Waals surface area contributed by atoms with E-state index in [1.165, 1.54) is 24.0 Å². The normalized spacial score (nSPS) is 16.5. The number of nitrogens with zero attached hydrogens (tertiary/aromatic N) is 2. The summed E-state index contributed by atoms with van der Waals surface area (Å²) in [7, 11) is -4.13. The summed E-state index contributed by atoms with van der Waals surface area (Å²) in [6, 6.07) is 15.7. The van der Waals surface area contributed by atoms with Crippen molar-refractivity contribution in [2.24, 2.45) is 11.7 Å². The SMILES string of the molecule is CC(C)C1(c2ccc(CC(N)(c3cccc(NCC(=O)O)n3)S(=O)(=O)c3cccnc3)cc2)CC1. The monoisotopic (exact) mass is 494 g/mol. The van der Waals surface area contributed by atoms with Crippen molar-refractivity contribution in [3.8, 4) is 0 Å². The summed E-state index contributed by atoms with van der Waals surface area (Å²) in [6.07, 6.45) is 5.05. The van der Waals surface area contributed by atoms with Gasteiger partial charge in [0.2, 0.25) is 9.84 Å². The number of nitrogens with one attached hydrogen (secondary N) is 1. The zero-order chi connectivity index (χ0) is 25.3. The molecule has 1 aliphatic carbocycles. The van der Waals surface area contributed by atoms with Crippen molar-refractivity contribution >= 4 is 21.6 Å². The van der Waals surface area contributed by atoms with Crippen molar-refractivity contribution < 1.29 is 18.3 Å². The largest absolute Gasteiger partial charge is 0.480 e. The zero-order valence-electron chi connectivity index (χ0n) is 19.8. The van der Waals surface area contributed by atoms with Crippen LogP contribution in [0.3, 0.4) is 0 Å². The molecular formula is C26H30N4O4S. The fourth-order valence-electron chi connectivity index (χ4n) is 4.57. The fraction of sp³-hybridized carbons (Fsp3) is 0.346. The van der Waals surface area contributed by atoms with Gasteiger partial charge in [-0.05, 0) is 59.6 Å². The Morgan fingerprint density at radius 2 is 1.86 bits per heavy atom. The number of hydrogen-bond donors (Lipinski definition) is 3. The van der Waals surface area contributed by atoms with Crippen LogP contribution in [0.5, 0.6) is 0 Å². The van der Waals surface area contributed by atoms with Crippen molar-refractivity contribution in [3.63, 3.8) is 0 Å². The molecule has 0 amide bonds. The Morgan fingerprint density at radius 1 is 1.14 bits per heavy atom. The van der Waals surface area contributed by atoms with Crippen molar-refractivity contribution in [1.29, 1.82) is 0 Å². The van der Waals surface area contributed by atoms with E-state index in [-0.39, 0.29) is 34.8 Å². The van der Waals surface area contributed by atoms with E-state index in [2.05, 4.69) is 41.3 Å². The Labute approximate surface area is 205 Å². The van der Waals surface area contributed by atoms with Crippen LogP contribution < -0.4 is 11.1 Å². The van der Waals surface area contributed by atoms with E-state index in [4.69, 9.17) is 10.8 Å². The molecule has 4 rings (SSSR count). The van der Waals surface area contributed by atoms with Crippen LogP contribution in [0.25, 0.3) is 0 Å². The van der Waals surface area contributed by atoms with Gasteiger partial charge >= 0.3 is 5.97 Å². The Balaban J connectivity index is 1.74. The maximum atomic E-state index is 13.8. The number of aromatic nitrogens is 2. The van der Waals surface area contributed by atoms with Gasteiger partial charge in [-0.15, -0.1) is 0 Å². The number of carbonyl (C=O) groups is 1. The second-order valence-electron chi connectivity index (χ2n) is 9.42. The van der Waals surface area contributed by atoms with Gasteiger partial charge in [-0.25, -0.2) is 13.4 Å². The molecule has 8 nitrogen and oxygen atoms in total. The Bertz CT molecular complexity index is 1310. The van der Waals surface area contributed by atoms with Crippen molar-refractivity contribution in [2.45, 2.75) is 48.3 Å². The van der Waals surface area contributed by atoms with Crippen molar-refractivity contribution in [2.75, 3.05) is 11.9 Å². The second-order valence-corrected chi connectivity index (χ2v) is 11.6. The van der Waals surface area contributed by atoms with Crippen LogP contribution in [-0.4, -0.2) is 36.0 Å². The number of nitrogens with two attached hydrogens (primary N) is 1. The molecule has 2 aromatic heterocycles. The smallest absolute Gasteiger partial charge is 0.322 e. The average molecular weight is 495 g/mol. The summed E-state index contributed by atoms with van der Waals surface area (Å²) >= 11 is 0. The van der Waals surface area contributed by atoms with Crippen molar-refractivity contribution in [1.82, 2.24) is 9.97 Å². The van der Waals surface area contributed by atoms with E-state index in [0.717, 1.165) is 18.4 Å². The summed E-state index contributed by atoms with van der Waals surface area (Å²) in [5.74, 6) is -0.309. The van der Waals surface area contributed by atoms with Crippen LogP contribution in [0.15, 0.2) is 71.9 Å². The van der Waals surface area contributed by atoms with Crippen LogP contribution in [0.1, 0.15) is 43.5 Å². The van der Waals surface area contributed by atoms with Crippen LogP contribution in [0.4, 0.5) is 5.82 Å². The molecule has 0 spiro atoms. The lowest BCUT2D eigenvalue weighted by Gasteiger charge is -2.29. The molecule has 184 valence electrons. The van der Waals surface area contributed by atoms with E-state index >= 15 is 0 Å². The van der Waals surface area contributed by atoms with Crippen LogP contribution in [0.2, 0.25) is 0 Å². The number of carboxylic acid groups (broad SMARTS) is 1. The minimum Gasteiger partial charge on any atom is -0.480 e. The average Bonchev–Trinajstić information content (AvgIpc) is 3.66. The molecule has 1 aromatic carbocycles. The third-order valence-electron chi connectivity index (χ3n) is 6.92. The number of anilines is 1. The first-order valence-electron chi connectivity index (χ1n) is 11.5. The second kappa shape index (κ2) is 9.39. The third-order valence-corrected chi connectivity index (χ3v) is 9.09. The molecular weight excluding hydrogens is 464 g/mol. The summed E-state index contributed by atoms with van der Waals surface area (Å²) in [5.41, 5.74) is 9.08. The first-order valence-corrected chi connectivity index (χ1v) is 13.0. The summed E-state index contributed by atoms with van der Waals surface area (Å²) in [6.45, 7) is 4.09. The molecule has 1 atom stereocenters. The predicted molar refractivity (Wildman–Crippen MR) is 134 cm³/mol. The topological polar surface area (TPSA) is 135 Å². The molecule has 1 saturated carbocycles. The highest BCUT2D eigenvalue weighted by Crippen LogP contribution is 2.53. The number of rotatable bonds is 10. The Kier molecular flexibility index (Phi) is 6.66. The summed E-state index contributed by atoms with van der Waals surface area (Å²) in [4.78, 5) is 17.4. The number of aliphatic carboxylic acids is 1.